The number of carbonyl (C=O) groups is 1. The molecule has 6 heteroatoms. The summed E-state index contributed by atoms with van der Waals surface area (Å²) in [6.07, 6.45) is 0.326. The largest absolute Gasteiger partial charge is 0.381 e. The Balaban J connectivity index is 2.20. The topological polar surface area (TPSA) is 70.2 Å². The van der Waals surface area contributed by atoms with Crippen molar-refractivity contribution in [2.24, 2.45) is 0 Å². The summed E-state index contributed by atoms with van der Waals surface area (Å²) < 4.78 is 5.18. The van der Waals surface area contributed by atoms with Crippen LogP contribution in [0.3, 0.4) is 0 Å². The van der Waals surface area contributed by atoms with Gasteiger partial charge in [-0.2, -0.15) is 5.10 Å². The van der Waals surface area contributed by atoms with E-state index in [0.29, 0.717) is 25.5 Å². The molecular weight excluding hydrogens is 256 g/mol. The number of fused-ring (bicyclic) bond motifs is 1. The number of ether oxygens (including phenoxy) is 1. The van der Waals surface area contributed by atoms with E-state index >= 15 is 0 Å². The molecule has 0 spiro atoms. The summed E-state index contributed by atoms with van der Waals surface area (Å²) in [5.41, 5.74) is 1.91. The zero-order chi connectivity index (χ0) is 14.5. The van der Waals surface area contributed by atoms with Crippen molar-refractivity contribution in [2.75, 3.05) is 37.5 Å². The molecule has 0 unspecified atom stereocenters. The van der Waals surface area contributed by atoms with Gasteiger partial charge in [-0.1, -0.05) is 6.07 Å². The molecule has 1 aromatic heterocycles. The van der Waals surface area contributed by atoms with E-state index in [-0.39, 0.29) is 5.91 Å². The average Bonchev–Trinajstić information content (AvgIpc) is 2.82. The highest BCUT2D eigenvalue weighted by Crippen LogP contribution is 2.30. The minimum atomic E-state index is -0.0968. The third kappa shape index (κ3) is 3.08. The van der Waals surface area contributed by atoms with E-state index in [2.05, 4.69) is 15.5 Å². The fourth-order valence-electron chi connectivity index (χ4n) is 2.02. The summed E-state index contributed by atoms with van der Waals surface area (Å²) in [7, 11) is 3.92. The quantitative estimate of drug-likeness (QED) is 0.792. The first-order chi connectivity index (χ1) is 9.63. The van der Waals surface area contributed by atoms with Gasteiger partial charge in [0.05, 0.1) is 23.9 Å². The lowest BCUT2D eigenvalue weighted by atomic mass is 10.2. The molecule has 0 radical (unpaired) electrons. The number of benzene rings is 1. The maximum Gasteiger partial charge on any atom is 0.227 e. The van der Waals surface area contributed by atoms with Crippen molar-refractivity contribution >= 4 is 28.3 Å². The molecule has 1 heterocycles. The number of hydrogen-bond acceptors (Lipinski definition) is 4. The van der Waals surface area contributed by atoms with E-state index in [4.69, 9.17) is 4.74 Å². The fraction of sp³-hybridized carbons (Fsp3) is 0.429. The Kier molecular flexibility index (Phi) is 4.57. The van der Waals surface area contributed by atoms with E-state index in [9.17, 15) is 4.79 Å². The molecule has 1 amide bonds. The van der Waals surface area contributed by atoms with Crippen LogP contribution in [0.25, 0.3) is 10.9 Å². The lowest BCUT2D eigenvalue weighted by Gasteiger charge is -2.14. The molecular formula is C14H20N4O2. The van der Waals surface area contributed by atoms with Crippen LogP contribution in [0, 0.1) is 0 Å². The van der Waals surface area contributed by atoms with Crippen molar-refractivity contribution < 1.29 is 9.53 Å². The van der Waals surface area contributed by atoms with Gasteiger partial charge in [-0.15, -0.1) is 0 Å². The number of anilines is 2. The van der Waals surface area contributed by atoms with Crippen LogP contribution in [0.5, 0.6) is 0 Å². The number of nitrogens with zero attached hydrogens (tertiary/aromatic N) is 2. The number of rotatable bonds is 6. The van der Waals surface area contributed by atoms with Gasteiger partial charge in [0.25, 0.3) is 0 Å². The molecule has 1 aromatic carbocycles. The first kappa shape index (κ1) is 14.3. The van der Waals surface area contributed by atoms with Crippen LogP contribution in [-0.4, -0.2) is 43.4 Å². The molecule has 20 heavy (non-hydrogen) atoms. The Labute approximate surface area is 118 Å². The van der Waals surface area contributed by atoms with Crippen molar-refractivity contribution in [3.8, 4) is 0 Å². The summed E-state index contributed by atoms with van der Waals surface area (Å²) in [6, 6.07) is 5.88. The molecule has 0 saturated heterocycles. The van der Waals surface area contributed by atoms with Crippen molar-refractivity contribution in [2.45, 2.75) is 13.3 Å². The van der Waals surface area contributed by atoms with E-state index < -0.39 is 0 Å². The van der Waals surface area contributed by atoms with Crippen molar-refractivity contribution in [1.29, 1.82) is 0 Å². The van der Waals surface area contributed by atoms with Crippen molar-refractivity contribution in [3.05, 3.63) is 18.2 Å². The summed E-state index contributed by atoms with van der Waals surface area (Å²) >= 11 is 0. The molecule has 2 N–H and O–H groups in total. The van der Waals surface area contributed by atoms with E-state index in [1.54, 1.807) is 0 Å². The first-order valence-corrected chi connectivity index (χ1v) is 6.65. The van der Waals surface area contributed by atoms with Gasteiger partial charge in [0.1, 0.15) is 0 Å². The second kappa shape index (κ2) is 6.38. The zero-order valence-corrected chi connectivity index (χ0v) is 12.1. The maximum absolute atomic E-state index is 11.9. The number of aromatic nitrogens is 2. The highest BCUT2D eigenvalue weighted by atomic mass is 16.5. The zero-order valence-electron chi connectivity index (χ0n) is 12.1. The van der Waals surface area contributed by atoms with Gasteiger partial charge in [0, 0.05) is 26.4 Å². The van der Waals surface area contributed by atoms with E-state index in [1.165, 1.54) is 0 Å². The van der Waals surface area contributed by atoms with Crippen LogP contribution in [0.15, 0.2) is 18.2 Å². The van der Waals surface area contributed by atoms with Crippen molar-refractivity contribution in [1.82, 2.24) is 10.2 Å². The third-order valence-corrected chi connectivity index (χ3v) is 2.98. The number of H-pyrrole nitrogens is 1. The normalized spacial score (nSPS) is 10.8. The standard InChI is InChI=1S/C14H20N4O2/c1-4-20-9-8-12(19)15-14-13-10(16-17-14)6-5-7-11(13)18(2)3/h5-7H,4,8-9H2,1-3H3,(H2,15,16,17,19). The molecule has 0 aliphatic rings. The molecule has 2 aromatic rings. The summed E-state index contributed by atoms with van der Waals surface area (Å²) in [6.45, 7) is 2.94. The van der Waals surface area contributed by atoms with Gasteiger partial charge in [-0.05, 0) is 19.1 Å². The molecule has 0 bridgehead atoms. The van der Waals surface area contributed by atoms with Gasteiger partial charge >= 0.3 is 0 Å². The number of aromatic amines is 1. The Morgan fingerprint density at radius 1 is 1.45 bits per heavy atom. The smallest absolute Gasteiger partial charge is 0.227 e. The lowest BCUT2D eigenvalue weighted by Crippen LogP contribution is -2.15. The molecule has 2 rings (SSSR count). The molecule has 6 nitrogen and oxygen atoms in total. The number of nitrogens with one attached hydrogen (secondary N) is 2. The van der Waals surface area contributed by atoms with Gasteiger partial charge in [0.2, 0.25) is 5.91 Å². The van der Waals surface area contributed by atoms with Crippen LogP contribution >= 0.6 is 0 Å². The summed E-state index contributed by atoms with van der Waals surface area (Å²) in [5.74, 6) is 0.464. The maximum atomic E-state index is 11.9. The van der Waals surface area contributed by atoms with Crippen LogP contribution in [0.2, 0.25) is 0 Å². The van der Waals surface area contributed by atoms with E-state index in [1.807, 2.05) is 44.1 Å². The second-order valence-corrected chi connectivity index (χ2v) is 4.66. The van der Waals surface area contributed by atoms with E-state index in [0.717, 1.165) is 16.6 Å². The predicted molar refractivity (Wildman–Crippen MR) is 80.2 cm³/mol. The molecule has 0 aliphatic carbocycles. The average molecular weight is 276 g/mol. The Morgan fingerprint density at radius 3 is 2.95 bits per heavy atom. The summed E-state index contributed by atoms with van der Waals surface area (Å²) in [5, 5.41) is 10.9. The first-order valence-electron chi connectivity index (χ1n) is 6.65. The molecule has 108 valence electrons. The number of amides is 1. The SMILES string of the molecule is CCOCCC(=O)Nc1n[nH]c2cccc(N(C)C)c12. The third-order valence-electron chi connectivity index (χ3n) is 2.98. The predicted octanol–water partition coefficient (Wildman–Crippen LogP) is 1.99. The summed E-state index contributed by atoms with van der Waals surface area (Å²) in [4.78, 5) is 13.8. The van der Waals surface area contributed by atoms with Gasteiger partial charge in [0.15, 0.2) is 5.82 Å². The highest BCUT2D eigenvalue weighted by molar-refractivity contribution is 6.05. The lowest BCUT2D eigenvalue weighted by molar-refractivity contribution is -0.117. The second-order valence-electron chi connectivity index (χ2n) is 4.66. The van der Waals surface area contributed by atoms with Crippen molar-refractivity contribution in [3.63, 3.8) is 0 Å². The molecule has 0 aliphatic heterocycles. The van der Waals surface area contributed by atoms with Crippen LogP contribution in [0.1, 0.15) is 13.3 Å². The van der Waals surface area contributed by atoms with Gasteiger partial charge in [-0.25, -0.2) is 0 Å². The number of carbonyl (C=O) groups excluding carboxylic acids is 1. The minimum Gasteiger partial charge on any atom is -0.381 e. The fourth-order valence-corrected chi connectivity index (χ4v) is 2.02. The monoisotopic (exact) mass is 276 g/mol. The Bertz CT molecular complexity index is 592. The van der Waals surface area contributed by atoms with Crippen LogP contribution < -0.4 is 10.2 Å². The molecule has 0 atom stereocenters. The molecule has 0 fully saturated rings. The van der Waals surface area contributed by atoms with Gasteiger partial charge < -0.3 is 15.0 Å². The van der Waals surface area contributed by atoms with Crippen LogP contribution in [-0.2, 0) is 9.53 Å². The van der Waals surface area contributed by atoms with Crippen LogP contribution in [0.4, 0.5) is 11.5 Å². The minimum absolute atomic E-state index is 0.0968. The number of hydrogen-bond donors (Lipinski definition) is 2. The van der Waals surface area contributed by atoms with Gasteiger partial charge in [-0.3, -0.25) is 9.89 Å². The molecule has 0 saturated carbocycles. The Hall–Kier alpha value is -2.08. The Morgan fingerprint density at radius 2 is 2.25 bits per heavy atom. The highest BCUT2D eigenvalue weighted by Gasteiger charge is 2.13.